The van der Waals surface area contributed by atoms with Gasteiger partial charge in [-0.25, -0.2) is 13.8 Å². The molecule has 0 saturated carbocycles. The second-order valence-electron chi connectivity index (χ2n) is 6.10. The van der Waals surface area contributed by atoms with Gasteiger partial charge in [0.1, 0.15) is 17.3 Å². The molecule has 2 aromatic heterocycles. The lowest BCUT2D eigenvalue weighted by atomic mass is 10.1. The third-order valence-electron chi connectivity index (χ3n) is 3.68. The minimum absolute atomic E-state index is 0.0226. The van der Waals surface area contributed by atoms with E-state index in [2.05, 4.69) is 15.0 Å². The lowest BCUT2D eigenvalue weighted by Crippen LogP contribution is -2.28. The van der Waals surface area contributed by atoms with Crippen LogP contribution in [0.25, 0.3) is 22.6 Å². The van der Waals surface area contributed by atoms with Crippen LogP contribution in [0.1, 0.15) is 13.8 Å². The van der Waals surface area contributed by atoms with Gasteiger partial charge in [0.15, 0.2) is 10.8 Å². The number of hydrogen-bond donors (Lipinski definition) is 0. The second-order valence-corrected chi connectivity index (χ2v) is 6.45. The molecule has 0 bridgehead atoms. The first-order valence-electron chi connectivity index (χ1n) is 7.91. The van der Waals surface area contributed by atoms with Crippen molar-refractivity contribution < 1.29 is 8.78 Å². The van der Waals surface area contributed by atoms with E-state index in [9.17, 15) is 13.6 Å². The molecule has 134 valence electrons. The van der Waals surface area contributed by atoms with Crippen LogP contribution in [0.2, 0.25) is 5.15 Å². The van der Waals surface area contributed by atoms with Crippen LogP contribution in [0.15, 0.2) is 41.6 Å². The summed E-state index contributed by atoms with van der Waals surface area (Å²) >= 11 is 6.27. The van der Waals surface area contributed by atoms with Gasteiger partial charge in [-0.1, -0.05) is 31.5 Å². The van der Waals surface area contributed by atoms with E-state index in [-0.39, 0.29) is 40.3 Å². The topological polar surface area (TPSA) is 60.7 Å². The molecule has 0 atom stereocenters. The van der Waals surface area contributed by atoms with Crippen molar-refractivity contribution in [3.63, 3.8) is 0 Å². The van der Waals surface area contributed by atoms with E-state index in [0.717, 1.165) is 12.1 Å². The summed E-state index contributed by atoms with van der Waals surface area (Å²) < 4.78 is 29.9. The minimum atomic E-state index is -0.821. The largest absolute Gasteiger partial charge is 0.303 e. The predicted octanol–water partition coefficient (Wildman–Crippen LogP) is 3.95. The summed E-state index contributed by atoms with van der Waals surface area (Å²) in [7, 11) is 0. The number of nitrogens with zero attached hydrogens (tertiary/aromatic N) is 4. The monoisotopic (exact) mass is 376 g/mol. The zero-order chi connectivity index (χ0) is 18.8. The summed E-state index contributed by atoms with van der Waals surface area (Å²) in [5.41, 5.74) is -0.801. The van der Waals surface area contributed by atoms with Gasteiger partial charge in [0.2, 0.25) is 0 Å². The first kappa shape index (κ1) is 18.1. The van der Waals surface area contributed by atoms with E-state index in [1.165, 1.54) is 29.2 Å². The van der Waals surface area contributed by atoms with Crippen LogP contribution < -0.4 is 5.56 Å². The molecule has 0 N–H and O–H groups in total. The maximum atomic E-state index is 14.3. The molecule has 0 aliphatic rings. The zero-order valence-corrected chi connectivity index (χ0v) is 14.8. The molecule has 0 unspecified atom stereocenters. The third-order valence-corrected chi connectivity index (χ3v) is 3.94. The molecule has 0 spiro atoms. The summed E-state index contributed by atoms with van der Waals surface area (Å²) in [4.78, 5) is 25.0. The number of hydrogen-bond acceptors (Lipinski definition) is 4. The fourth-order valence-corrected chi connectivity index (χ4v) is 2.91. The van der Waals surface area contributed by atoms with E-state index < -0.39 is 17.2 Å². The van der Waals surface area contributed by atoms with Crippen molar-refractivity contribution in [1.29, 1.82) is 0 Å². The molecule has 5 nitrogen and oxygen atoms in total. The zero-order valence-electron chi connectivity index (χ0n) is 14.1. The van der Waals surface area contributed by atoms with Crippen LogP contribution in [-0.2, 0) is 6.54 Å². The van der Waals surface area contributed by atoms with E-state index in [1.807, 2.05) is 13.8 Å². The summed E-state index contributed by atoms with van der Waals surface area (Å²) in [6.45, 7) is 3.96. The highest BCUT2D eigenvalue weighted by molar-refractivity contribution is 6.32. The predicted molar refractivity (Wildman–Crippen MR) is 94.7 cm³/mol. The molecule has 1 aromatic carbocycles. The van der Waals surface area contributed by atoms with Crippen molar-refractivity contribution in [2.45, 2.75) is 20.4 Å². The van der Waals surface area contributed by atoms with Gasteiger partial charge in [-0.2, -0.15) is 0 Å². The lowest BCUT2D eigenvalue weighted by Gasteiger charge is -2.18. The molecule has 8 heteroatoms. The summed E-state index contributed by atoms with van der Waals surface area (Å²) in [6.07, 6.45) is 4.26. The van der Waals surface area contributed by atoms with E-state index in [0.29, 0.717) is 0 Å². The Bertz CT molecular complexity index is 986. The Balaban J connectivity index is 2.36. The van der Waals surface area contributed by atoms with Crippen LogP contribution in [0.3, 0.4) is 0 Å². The molecule has 0 aliphatic heterocycles. The number of benzene rings is 1. The molecular weight excluding hydrogens is 362 g/mol. The highest BCUT2D eigenvalue weighted by Crippen LogP contribution is 2.31. The quantitative estimate of drug-likeness (QED) is 0.691. The summed E-state index contributed by atoms with van der Waals surface area (Å²) in [5, 5.41) is -0.185. The van der Waals surface area contributed by atoms with Crippen LogP contribution in [0.4, 0.5) is 8.78 Å². The molecule has 3 rings (SSSR count). The molecule has 0 amide bonds. The Labute approximate surface area is 153 Å². The number of rotatable bonds is 4. The number of halogens is 3. The van der Waals surface area contributed by atoms with Crippen molar-refractivity contribution in [3.05, 3.63) is 63.9 Å². The van der Waals surface area contributed by atoms with Gasteiger partial charge in [0, 0.05) is 18.9 Å². The SMILES string of the molecule is CC(C)Cn1c(-c2c(F)cccc2F)c(Cl)nc(-c2cnccn2)c1=O. The smallest absolute Gasteiger partial charge is 0.279 e. The van der Waals surface area contributed by atoms with Gasteiger partial charge in [0.05, 0.1) is 17.5 Å². The van der Waals surface area contributed by atoms with Gasteiger partial charge in [0.25, 0.3) is 5.56 Å². The van der Waals surface area contributed by atoms with E-state index >= 15 is 0 Å². The first-order chi connectivity index (χ1) is 12.4. The normalized spacial score (nSPS) is 11.2. The Hall–Kier alpha value is -2.67. The van der Waals surface area contributed by atoms with Crippen molar-refractivity contribution in [1.82, 2.24) is 19.5 Å². The Morgan fingerprint density at radius 3 is 2.46 bits per heavy atom. The average molecular weight is 377 g/mol. The lowest BCUT2D eigenvalue weighted by molar-refractivity contribution is 0.509. The highest BCUT2D eigenvalue weighted by atomic mass is 35.5. The Morgan fingerprint density at radius 2 is 1.88 bits per heavy atom. The third kappa shape index (κ3) is 3.35. The standard InChI is InChI=1S/C18H15ClF2N4O/c1-10(2)9-25-16(14-11(20)4-3-5-12(14)21)17(19)24-15(18(25)26)13-8-22-6-7-23-13/h3-8,10H,9H2,1-2H3. The maximum Gasteiger partial charge on any atom is 0.279 e. The van der Waals surface area contributed by atoms with Crippen LogP contribution in [0.5, 0.6) is 0 Å². The van der Waals surface area contributed by atoms with Gasteiger partial charge in [-0.05, 0) is 18.1 Å². The molecule has 0 saturated heterocycles. The molecule has 0 aliphatic carbocycles. The van der Waals surface area contributed by atoms with Gasteiger partial charge in [-0.15, -0.1) is 0 Å². The average Bonchev–Trinajstić information content (AvgIpc) is 2.60. The van der Waals surface area contributed by atoms with Crippen molar-refractivity contribution in [2.75, 3.05) is 0 Å². The molecule has 0 fully saturated rings. The second kappa shape index (κ2) is 7.29. The first-order valence-corrected chi connectivity index (χ1v) is 8.29. The fraction of sp³-hybridized carbons (Fsp3) is 0.222. The van der Waals surface area contributed by atoms with Crippen molar-refractivity contribution in [2.24, 2.45) is 5.92 Å². The van der Waals surface area contributed by atoms with Crippen LogP contribution in [-0.4, -0.2) is 19.5 Å². The summed E-state index contributed by atoms with van der Waals surface area (Å²) in [6, 6.07) is 3.46. The van der Waals surface area contributed by atoms with Gasteiger partial charge < -0.3 is 4.57 Å². The van der Waals surface area contributed by atoms with E-state index in [1.54, 1.807) is 0 Å². The van der Waals surface area contributed by atoms with Crippen LogP contribution >= 0.6 is 11.6 Å². The van der Waals surface area contributed by atoms with Crippen LogP contribution in [0, 0.1) is 17.6 Å². The van der Waals surface area contributed by atoms with Crippen molar-refractivity contribution >= 4 is 11.6 Å². The molecular formula is C18H15ClF2N4O. The Morgan fingerprint density at radius 1 is 1.19 bits per heavy atom. The molecule has 26 heavy (non-hydrogen) atoms. The number of aromatic nitrogens is 4. The molecule has 0 radical (unpaired) electrons. The summed E-state index contributed by atoms with van der Waals surface area (Å²) in [5.74, 6) is -1.62. The van der Waals surface area contributed by atoms with Gasteiger partial charge in [-0.3, -0.25) is 14.8 Å². The molecule has 3 aromatic rings. The minimum Gasteiger partial charge on any atom is -0.303 e. The maximum absolute atomic E-state index is 14.3. The molecule has 2 heterocycles. The van der Waals surface area contributed by atoms with Crippen molar-refractivity contribution in [3.8, 4) is 22.6 Å². The Kier molecular flexibility index (Phi) is 5.08. The van der Waals surface area contributed by atoms with E-state index in [4.69, 9.17) is 11.6 Å². The fourth-order valence-electron chi connectivity index (χ4n) is 2.63. The highest BCUT2D eigenvalue weighted by Gasteiger charge is 2.24. The van der Waals surface area contributed by atoms with Gasteiger partial charge >= 0.3 is 0 Å².